The van der Waals surface area contributed by atoms with Crippen molar-refractivity contribution in [2.45, 2.75) is 57.5 Å². The Balaban J connectivity index is 1.46. The van der Waals surface area contributed by atoms with Gasteiger partial charge in [-0.3, -0.25) is 4.79 Å². The molecule has 1 heterocycles. The summed E-state index contributed by atoms with van der Waals surface area (Å²) < 4.78 is 0. The molecule has 0 aromatic rings. The van der Waals surface area contributed by atoms with Crippen molar-refractivity contribution in [1.82, 2.24) is 10.2 Å². The number of carbonyl (C=O) groups excluding carboxylic acids is 1. The largest absolute Gasteiger partial charge is 0.343 e. The molecule has 0 aromatic carbocycles. The Morgan fingerprint density at radius 1 is 1.12 bits per heavy atom. The second-order valence-corrected chi connectivity index (χ2v) is 6.23. The van der Waals surface area contributed by atoms with E-state index in [1.165, 1.54) is 25.7 Å². The van der Waals surface area contributed by atoms with Crippen LogP contribution in [-0.2, 0) is 4.79 Å². The summed E-state index contributed by atoms with van der Waals surface area (Å²) in [7, 11) is 0. The van der Waals surface area contributed by atoms with Crippen molar-refractivity contribution in [1.29, 1.82) is 0 Å². The van der Waals surface area contributed by atoms with E-state index in [1.807, 2.05) is 4.90 Å². The zero-order chi connectivity index (χ0) is 11.8. The fourth-order valence-electron chi connectivity index (χ4n) is 4.11. The molecule has 3 nitrogen and oxygen atoms in total. The van der Waals surface area contributed by atoms with Crippen molar-refractivity contribution in [3.05, 3.63) is 0 Å². The van der Waals surface area contributed by atoms with Crippen LogP contribution < -0.4 is 5.32 Å². The Bertz CT molecular complexity index is 297. The lowest BCUT2D eigenvalue weighted by molar-refractivity contribution is -0.129. The van der Waals surface area contributed by atoms with E-state index < -0.39 is 0 Å². The van der Waals surface area contributed by atoms with Gasteiger partial charge in [-0.05, 0) is 43.9 Å². The minimum atomic E-state index is 0.239. The standard InChI is InChI=1S/C14H24N2O/c1-10(17)16-6-4-13(5-7-16)15-14-9-11-2-3-12(14)8-11/h11-15H,2-9H2,1H3. The Morgan fingerprint density at radius 3 is 2.41 bits per heavy atom. The molecule has 2 bridgehead atoms. The molecule has 1 aliphatic heterocycles. The molecule has 3 fully saturated rings. The van der Waals surface area contributed by atoms with Crippen molar-refractivity contribution in [3.8, 4) is 0 Å². The van der Waals surface area contributed by atoms with Crippen LogP contribution in [-0.4, -0.2) is 36.0 Å². The van der Waals surface area contributed by atoms with Crippen LogP contribution in [0.25, 0.3) is 0 Å². The molecular formula is C14H24N2O. The van der Waals surface area contributed by atoms with Gasteiger partial charge in [-0.1, -0.05) is 6.42 Å². The molecule has 96 valence electrons. The summed E-state index contributed by atoms with van der Waals surface area (Å²) in [6.07, 6.45) is 8.11. The number of likely N-dealkylation sites (tertiary alicyclic amines) is 1. The summed E-state index contributed by atoms with van der Waals surface area (Å²) in [6.45, 7) is 3.59. The number of nitrogens with zero attached hydrogens (tertiary/aromatic N) is 1. The van der Waals surface area contributed by atoms with Gasteiger partial charge in [0, 0.05) is 32.1 Å². The Labute approximate surface area is 104 Å². The number of fused-ring (bicyclic) bond motifs is 2. The number of nitrogens with one attached hydrogen (secondary N) is 1. The lowest BCUT2D eigenvalue weighted by Gasteiger charge is -2.35. The van der Waals surface area contributed by atoms with Gasteiger partial charge in [0.1, 0.15) is 0 Å². The first-order valence-electron chi connectivity index (χ1n) is 7.24. The molecular weight excluding hydrogens is 212 g/mol. The molecule has 0 spiro atoms. The number of carbonyl (C=O) groups is 1. The molecule has 2 aliphatic carbocycles. The molecule has 3 heteroatoms. The molecule has 17 heavy (non-hydrogen) atoms. The molecule has 2 saturated carbocycles. The third-order valence-corrected chi connectivity index (χ3v) is 5.13. The highest BCUT2D eigenvalue weighted by atomic mass is 16.2. The van der Waals surface area contributed by atoms with Crippen LogP contribution in [0.3, 0.4) is 0 Å². The monoisotopic (exact) mass is 236 g/mol. The molecule has 1 saturated heterocycles. The summed E-state index contributed by atoms with van der Waals surface area (Å²) in [4.78, 5) is 13.2. The predicted octanol–water partition coefficient (Wildman–Crippen LogP) is 1.78. The molecule has 0 radical (unpaired) electrons. The Kier molecular flexibility index (Phi) is 3.12. The van der Waals surface area contributed by atoms with E-state index in [9.17, 15) is 4.79 Å². The van der Waals surface area contributed by atoms with Gasteiger partial charge in [-0.15, -0.1) is 0 Å². The van der Waals surface area contributed by atoms with E-state index in [1.54, 1.807) is 6.92 Å². The fraction of sp³-hybridized carbons (Fsp3) is 0.929. The van der Waals surface area contributed by atoms with Crippen molar-refractivity contribution >= 4 is 5.91 Å². The van der Waals surface area contributed by atoms with E-state index in [2.05, 4.69) is 5.32 Å². The molecule has 1 N–H and O–H groups in total. The maximum atomic E-state index is 11.3. The van der Waals surface area contributed by atoms with E-state index in [4.69, 9.17) is 0 Å². The Morgan fingerprint density at radius 2 is 1.88 bits per heavy atom. The quantitative estimate of drug-likeness (QED) is 0.792. The van der Waals surface area contributed by atoms with Crippen molar-refractivity contribution in [3.63, 3.8) is 0 Å². The summed E-state index contributed by atoms with van der Waals surface area (Å²) >= 11 is 0. The highest BCUT2D eigenvalue weighted by molar-refractivity contribution is 5.73. The van der Waals surface area contributed by atoms with E-state index >= 15 is 0 Å². The molecule has 3 atom stereocenters. The third-order valence-electron chi connectivity index (χ3n) is 5.13. The van der Waals surface area contributed by atoms with E-state index in [-0.39, 0.29) is 5.91 Å². The van der Waals surface area contributed by atoms with Crippen molar-refractivity contribution in [2.24, 2.45) is 11.8 Å². The fourth-order valence-corrected chi connectivity index (χ4v) is 4.11. The van der Waals surface area contributed by atoms with Crippen LogP contribution in [0.5, 0.6) is 0 Å². The zero-order valence-electron chi connectivity index (χ0n) is 10.8. The van der Waals surface area contributed by atoms with Crippen molar-refractivity contribution < 1.29 is 4.79 Å². The second-order valence-electron chi connectivity index (χ2n) is 6.23. The normalized spacial score (nSPS) is 37.7. The topological polar surface area (TPSA) is 32.3 Å². The maximum Gasteiger partial charge on any atom is 0.219 e. The first-order chi connectivity index (χ1) is 8.22. The molecule has 3 rings (SSSR count). The molecule has 3 unspecified atom stereocenters. The zero-order valence-corrected chi connectivity index (χ0v) is 10.8. The first kappa shape index (κ1) is 11.5. The van der Waals surface area contributed by atoms with Gasteiger partial charge in [-0.25, -0.2) is 0 Å². The van der Waals surface area contributed by atoms with Gasteiger partial charge in [-0.2, -0.15) is 0 Å². The predicted molar refractivity (Wildman–Crippen MR) is 67.6 cm³/mol. The van der Waals surface area contributed by atoms with Crippen LogP contribution in [0, 0.1) is 11.8 Å². The van der Waals surface area contributed by atoms with Crippen LogP contribution >= 0.6 is 0 Å². The minimum Gasteiger partial charge on any atom is -0.343 e. The van der Waals surface area contributed by atoms with Crippen LogP contribution in [0.15, 0.2) is 0 Å². The van der Waals surface area contributed by atoms with Gasteiger partial charge in [0.25, 0.3) is 0 Å². The van der Waals surface area contributed by atoms with Gasteiger partial charge in [0.05, 0.1) is 0 Å². The van der Waals surface area contributed by atoms with E-state index in [0.29, 0.717) is 6.04 Å². The maximum absolute atomic E-state index is 11.3. The lowest BCUT2D eigenvalue weighted by Crippen LogP contribution is -2.48. The summed E-state index contributed by atoms with van der Waals surface area (Å²) in [5, 5.41) is 3.87. The summed E-state index contributed by atoms with van der Waals surface area (Å²) in [5.74, 6) is 2.23. The van der Waals surface area contributed by atoms with E-state index in [0.717, 1.165) is 43.8 Å². The van der Waals surface area contributed by atoms with Crippen LogP contribution in [0.1, 0.15) is 45.4 Å². The summed E-state index contributed by atoms with van der Waals surface area (Å²) in [5.41, 5.74) is 0. The van der Waals surface area contributed by atoms with Crippen LogP contribution in [0.2, 0.25) is 0 Å². The van der Waals surface area contributed by atoms with Gasteiger partial charge < -0.3 is 10.2 Å². The van der Waals surface area contributed by atoms with Crippen LogP contribution in [0.4, 0.5) is 0 Å². The molecule has 3 aliphatic rings. The first-order valence-corrected chi connectivity index (χ1v) is 7.24. The molecule has 1 amide bonds. The average Bonchev–Trinajstić information content (AvgIpc) is 2.91. The second kappa shape index (κ2) is 4.60. The SMILES string of the molecule is CC(=O)N1CCC(NC2CC3CCC2C3)CC1. The highest BCUT2D eigenvalue weighted by Gasteiger charge is 2.40. The lowest BCUT2D eigenvalue weighted by atomic mass is 9.93. The average molecular weight is 236 g/mol. The number of amides is 1. The van der Waals surface area contributed by atoms with Crippen molar-refractivity contribution in [2.75, 3.05) is 13.1 Å². The van der Waals surface area contributed by atoms with Gasteiger partial charge in [0.2, 0.25) is 5.91 Å². The number of hydrogen-bond donors (Lipinski definition) is 1. The third kappa shape index (κ3) is 2.35. The number of hydrogen-bond acceptors (Lipinski definition) is 2. The minimum absolute atomic E-state index is 0.239. The highest BCUT2D eigenvalue weighted by Crippen LogP contribution is 2.44. The smallest absolute Gasteiger partial charge is 0.219 e. The molecule has 0 aromatic heterocycles. The van der Waals surface area contributed by atoms with Gasteiger partial charge >= 0.3 is 0 Å². The number of rotatable bonds is 2. The summed E-state index contributed by atoms with van der Waals surface area (Å²) in [6, 6.07) is 1.46. The Hall–Kier alpha value is -0.570. The number of piperidine rings is 1. The van der Waals surface area contributed by atoms with Gasteiger partial charge in [0.15, 0.2) is 0 Å².